The molecule has 2 aromatic carbocycles. The third-order valence-corrected chi connectivity index (χ3v) is 5.99. The van der Waals surface area contributed by atoms with Crippen LogP contribution in [0, 0.1) is 18.6 Å². The molecule has 0 unspecified atom stereocenters. The first-order valence-electron chi connectivity index (χ1n) is 11.1. The molecule has 0 atom stereocenters. The first-order valence-corrected chi connectivity index (χ1v) is 11.1. The summed E-state index contributed by atoms with van der Waals surface area (Å²) < 4.78 is 38.6. The number of piperazine rings is 1. The van der Waals surface area contributed by atoms with Gasteiger partial charge in [-0.25, -0.2) is 8.78 Å². The third-order valence-electron chi connectivity index (χ3n) is 5.99. The van der Waals surface area contributed by atoms with Gasteiger partial charge in [0.1, 0.15) is 18.1 Å². The summed E-state index contributed by atoms with van der Waals surface area (Å²) in [7, 11) is 0. The predicted octanol–water partition coefficient (Wildman–Crippen LogP) is 4.36. The van der Waals surface area contributed by atoms with E-state index in [-0.39, 0.29) is 18.2 Å². The van der Waals surface area contributed by atoms with Crippen LogP contribution in [0.3, 0.4) is 0 Å². The summed E-state index contributed by atoms with van der Waals surface area (Å²) in [5, 5.41) is 3.99. The van der Waals surface area contributed by atoms with Crippen LogP contribution in [0.1, 0.15) is 39.9 Å². The summed E-state index contributed by atoms with van der Waals surface area (Å²) in [6.07, 6.45) is 0.953. The number of aryl methyl sites for hydroxylation is 2. The van der Waals surface area contributed by atoms with Gasteiger partial charge in [-0.15, -0.1) is 0 Å². The molecule has 3 aromatic rings. The van der Waals surface area contributed by atoms with E-state index in [0.717, 1.165) is 12.5 Å². The van der Waals surface area contributed by atoms with Gasteiger partial charge in [-0.2, -0.15) is 0 Å². The van der Waals surface area contributed by atoms with Crippen LogP contribution in [0.2, 0.25) is 0 Å². The van der Waals surface area contributed by atoms with Crippen molar-refractivity contribution in [3.05, 3.63) is 82.2 Å². The van der Waals surface area contributed by atoms with Crippen LogP contribution in [-0.4, -0.2) is 47.0 Å². The van der Waals surface area contributed by atoms with Crippen molar-refractivity contribution in [1.29, 1.82) is 0 Å². The van der Waals surface area contributed by atoms with E-state index in [9.17, 15) is 13.6 Å². The Balaban J connectivity index is 1.36. The van der Waals surface area contributed by atoms with Crippen LogP contribution < -0.4 is 4.74 Å². The summed E-state index contributed by atoms with van der Waals surface area (Å²) in [5.74, 6) is -0.627. The number of carbonyl (C=O) groups is 1. The van der Waals surface area contributed by atoms with Gasteiger partial charge in [0.15, 0.2) is 17.3 Å². The average Bonchev–Trinajstić information content (AvgIpc) is 3.21. The molecule has 1 saturated heterocycles. The van der Waals surface area contributed by atoms with Crippen molar-refractivity contribution in [3.8, 4) is 5.75 Å². The molecule has 1 fully saturated rings. The predicted molar refractivity (Wildman–Crippen MR) is 119 cm³/mol. The van der Waals surface area contributed by atoms with Crippen LogP contribution in [-0.2, 0) is 19.6 Å². The number of nitrogens with zero attached hydrogens (tertiary/aromatic N) is 3. The average molecular weight is 456 g/mol. The van der Waals surface area contributed by atoms with E-state index in [2.05, 4.69) is 12.1 Å². The highest BCUT2D eigenvalue weighted by molar-refractivity contribution is 5.93. The summed E-state index contributed by atoms with van der Waals surface area (Å²) in [6.45, 7) is 6.34. The molecule has 8 heteroatoms. The number of aromatic nitrogens is 1. The molecule has 0 N–H and O–H groups in total. The highest BCUT2D eigenvalue weighted by atomic mass is 19.2. The zero-order chi connectivity index (χ0) is 23.4. The lowest BCUT2D eigenvalue weighted by molar-refractivity contribution is 0.0614. The standard InChI is InChI=1S/C25H27F2N3O3/c1-3-18-7-9-20(10-8-18)32-16-21-17(2)33-28-24(21)25(31)30-13-11-29(12-14-30)15-19-5-4-6-22(26)23(19)27/h4-10H,3,11-16H2,1-2H3. The second kappa shape index (κ2) is 10.1. The fourth-order valence-corrected chi connectivity index (χ4v) is 3.88. The van der Waals surface area contributed by atoms with Crippen molar-refractivity contribution in [2.45, 2.75) is 33.4 Å². The molecule has 0 radical (unpaired) electrons. The lowest BCUT2D eigenvalue weighted by Crippen LogP contribution is -2.48. The number of halogens is 2. The number of carbonyl (C=O) groups excluding carboxylic acids is 1. The Kier molecular flexibility index (Phi) is 7.03. The fraction of sp³-hybridized carbons (Fsp3) is 0.360. The molecule has 1 amide bonds. The van der Waals surface area contributed by atoms with Gasteiger partial charge in [-0.05, 0) is 37.1 Å². The highest BCUT2D eigenvalue weighted by Crippen LogP contribution is 2.21. The third kappa shape index (κ3) is 5.22. The topological polar surface area (TPSA) is 58.8 Å². The maximum absolute atomic E-state index is 14.0. The van der Waals surface area contributed by atoms with E-state index < -0.39 is 11.6 Å². The van der Waals surface area contributed by atoms with E-state index in [1.54, 1.807) is 17.9 Å². The van der Waals surface area contributed by atoms with Crippen LogP contribution in [0.15, 0.2) is 47.0 Å². The molecule has 0 aliphatic carbocycles. The van der Waals surface area contributed by atoms with Gasteiger partial charge in [0, 0.05) is 38.3 Å². The number of hydrogen-bond donors (Lipinski definition) is 0. The smallest absolute Gasteiger partial charge is 0.276 e. The van der Waals surface area contributed by atoms with Crippen LogP contribution in [0.25, 0.3) is 0 Å². The SMILES string of the molecule is CCc1ccc(OCc2c(C(=O)N3CCN(Cc4cccc(F)c4F)CC3)noc2C)cc1. The molecular formula is C25H27F2N3O3. The Hall–Kier alpha value is -3.26. The fourth-order valence-electron chi connectivity index (χ4n) is 3.88. The van der Waals surface area contributed by atoms with E-state index in [4.69, 9.17) is 9.26 Å². The number of ether oxygens (including phenoxy) is 1. The van der Waals surface area contributed by atoms with Gasteiger partial charge in [-0.1, -0.05) is 36.3 Å². The maximum Gasteiger partial charge on any atom is 0.276 e. The lowest BCUT2D eigenvalue weighted by Gasteiger charge is -2.34. The zero-order valence-corrected chi connectivity index (χ0v) is 18.8. The largest absolute Gasteiger partial charge is 0.489 e. The molecule has 174 valence electrons. The molecule has 0 spiro atoms. The van der Waals surface area contributed by atoms with E-state index in [0.29, 0.717) is 55.4 Å². The second-order valence-electron chi connectivity index (χ2n) is 8.13. The van der Waals surface area contributed by atoms with E-state index in [1.807, 2.05) is 29.2 Å². The van der Waals surface area contributed by atoms with Crippen LogP contribution in [0.4, 0.5) is 8.78 Å². The monoisotopic (exact) mass is 455 g/mol. The molecule has 1 aliphatic heterocycles. The van der Waals surface area contributed by atoms with Crippen molar-refractivity contribution in [1.82, 2.24) is 15.0 Å². The van der Waals surface area contributed by atoms with Crippen LogP contribution in [0.5, 0.6) is 5.75 Å². The first kappa shape index (κ1) is 22.9. The number of benzene rings is 2. The van der Waals surface area contributed by atoms with Gasteiger partial charge < -0.3 is 14.2 Å². The molecule has 6 nitrogen and oxygen atoms in total. The van der Waals surface area contributed by atoms with Crippen molar-refractivity contribution in [3.63, 3.8) is 0 Å². The van der Waals surface area contributed by atoms with E-state index >= 15 is 0 Å². The van der Waals surface area contributed by atoms with Gasteiger partial charge in [0.2, 0.25) is 0 Å². The maximum atomic E-state index is 14.0. The Labute approximate surface area is 191 Å². The Bertz CT molecular complexity index is 1110. The molecule has 0 bridgehead atoms. The molecule has 0 saturated carbocycles. The van der Waals surface area contributed by atoms with Crippen LogP contribution >= 0.6 is 0 Å². The van der Waals surface area contributed by atoms with Gasteiger partial charge in [0.25, 0.3) is 5.91 Å². The Morgan fingerprint density at radius 1 is 1.09 bits per heavy atom. The minimum Gasteiger partial charge on any atom is -0.489 e. The number of rotatable bonds is 7. The summed E-state index contributed by atoms with van der Waals surface area (Å²) in [6, 6.07) is 12.0. The number of hydrogen-bond acceptors (Lipinski definition) is 5. The molecule has 2 heterocycles. The molecule has 1 aromatic heterocycles. The minimum atomic E-state index is -0.848. The van der Waals surface area contributed by atoms with E-state index in [1.165, 1.54) is 11.6 Å². The van der Waals surface area contributed by atoms with Crippen molar-refractivity contribution in [2.75, 3.05) is 26.2 Å². The minimum absolute atomic E-state index is 0.181. The first-order chi connectivity index (χ1) is 16.0. The molecule has 33 heavy (non-hydrogen) atoms. The molecule has 4 rings (SSSR count). The summed E-state index contributed by atoms with van der Waals surface area (Å²) in [4.78, 5) is 16.8. The van der Waals surface area contributed by atoms with Gasteiger partial charge in [-0.3, -0.25) is 9.69 Å². The molecule has 1 aliphatic rings. The normalized spacial score (nSPS) is 14.5. The number of amides is 1. The van der Waals surface area contributed by atoms with Crippen molar-refractivity contribution < 1.29 is 22.8 Å². The zero-order valence-electron chi connectivity index (χ0n) is 18.8. The highest BCUT2D eigenvalue weighted by Gasteiger charge is 2.28. The van der Waals surface area contributed by atoms with Gasteiger partial charge >= 0.3 is 0 Å². The quantitative estimate of drug-likeness (QED) is 0.530. The van der Waals surface area contributed by atoms with Crippen molar-refractivity contribution >= 4 is 5.91 Å². The summed E-state index contributed by atoms with van der Waals surface area (Å²) in [5.41, 5.74) is 2.41. The summed E-state index contributed by atoms with van der Waals surface area (Å²) >= 11 is 0. The Morgan fingerprint density at radius 2 is 1.82 bits per heavy atom. The molecular weight excluding hydrogens is 428 g/mol. The van der Waals surface area contributed by atoms with Gasteiger partial charge in [0.05, 0.1) is 5.56 Å². The lowest BCUT2D eigenvalue weighted by atomic mass is 10.1. The Morgan fingerprint density at radius 3 is 2.52 bits per heavy atom. The second-order valence-corrected chi connectivity index (χ2v) is 8.13. The van der Waals surface area contributed by atoms with Crippen molar-refractivity contribution in [2.24, 2.45) is 0 Å².